The number of nitrogens with zero attached hydrogens (tertiary/aromatic N) is 3. The number of rotatable bonds is 3. The van der Waals surface area contributed by atoms with Gasteiger partial charge in [0.1, 0.15) is 5.69 Å². The highest BCUT2D eigenvalue weighted by atomic mass is 79.9. The van der Waals surface area contributed by atoms with Crippen molar-refractivity contribution in [2.45, 2.75) is 12.8 Å². The molecule has 0 unspecified atom stereocenters. The van der Waals surface area contributed by atoms with Crippen molar-refractivity contribution in [3.05, 3.63) is 28.5 Å². The predicted molar refractivity (Wildman–Crippen MR) is 79.1 cm³/mol. The van der Waals surface area contributed by atoms with Crippen molar-refractivity contribution in [2.24, 2.45) is 5.92 Å². The third kappa shape index (κ3) is 3.76. The number of carbonyl (C=O) groups excluding carboxylic acids is 1. The van der Waals surface area contributed by atoms with E-state index in [1.165, 1.54) is 0 Å². The van der Waals surface area contributed by atoms with Crippen molar-refractivity contribution in [1.29, 1.82) is 0 Å². The molecule has 0 saturated carbocycles. The zero-order valence-electron chi connectivity index (χ0n) is 11.5. The largest absolute Gasteiger partial charge is 0.340 e. The van der Waals surface area contributed by atoms with E-state index >= 15 is 0 Å². The summed E-state index contributed by atoms with van der Waals surface area (Å²) in [5, 5.41) is 0. The third-order valence-corrected chi connectivity index (χ3v) is 4.32. The van der Waals surface area contributed by atoms with Crippen molar-refractivity contribution in [3.63, 3.8) is 0 Å². The Morgan fingerprint density at radius 3 is 2.84 bits per heavy atom. The van der Waals surface area contributed by atoms with Crippen molar-refractivity contribution < 1.29 is 4.79 Å². The smallest absolute Gasteiger partial charge is 0.273 e. The van der Waals surface area contributed by atoms with Gasteiger partial charge in [-0.05, 0) is 67.0 Å². The molecule has 0 radical (unpaired) electrons. The number of carbonyl (C=O) groups is 1. The van der Waals surface area contributed by atoms with E-state index in [0.29, 0.717) is 11.6 Å². The molecule has 1 aromatic rings. The first-order valence-corrected chi connectivity index (χ1v) is 7.41. The lowest BCUT2D eigenvalue weighted by molar-refractivity contribution is 0.0740. The standard InChI is InChI=1S/C14H20BrN3O/c1-17-8-5-11(6-9-17)10-18(2)14(19)13-12(15)4-3-7-16-13/h3-4,7,11H,5-6,8-10H2,1-2H3. The number of aromatic nitrogens is 1. The molecule has 0 spiro atoms. The Kier molecular flexibility index (Phi) is 4.93. The van der Waals surface area contributed by atoms with Gasteiger partial charge in [0.25, 0.3) is 5.91 Å². The molecule has 0 aromatic carbocycles. The molecule has 104 valence electrons. The van der Waals surface area contributed by atoms with Gasteiger partial charge in [-0.15, -0.1) is 0 Å². The van der Waals surface area contributed by atoms with Crippen LogP contribution in [-0.2, 0) is 0 Å². The lowest BCUT2D eigenvalue weighted by Gasteiger charge is -2.31. The van der Waals surface area contributed by atoms with Crippen LogP contribution in [0.15, 0.2) is 22.8 Å². The molecule has 1 aromatic heterocycles. The SMILES string of the molecule is CN1CCC(CN(C)C(=O)c2ncccc2Br)CC1. The summed E-state index contributed by atoms with van der Waals surface area (Å²) in [6.07, 6.45) is 3.98. The van der Waals surface area contributed by atoms with Gasteiger partial charge in [-0.3, -0.25) is 4.79 Å². The van der Waals surface area contributed by atoms with E-state index in [0.717, 1.165) is 36.9 Å². The molecule has 1 amide bonds. The van der Waals surface area contributed by atoms with Gasteiger partial charge < -0.3 is 9.80 Å². The van der Waals surface area contributed by atoms with Crippen LogP contribution in [0.2, 0.25) is 0 Å². The number of amides is 1. The normalized spacial score (nSPS) is 17.4. The Balaban J connectivity index is 1.94. The lowest BCUT2D eigenvalue weighted by atomic mass is 9.96. The average Bonchev–Trinajstić information content (AvgIpc) is 2.41. The van der Waals surface area contributed by atoms with Crippen molar-refractivity contribution in [3.8, 4) is 0 Å². The van der Waals surface area contributed by atoms with Crippen LogP contribution >= 0.6 is 15.9 Å². The molecule has 1 aliphatic rings. The summed E-state index contributed by atoms with van der Waals surface area (Å²) in [4.78, 5) is 20.6. The first-order valence-electron chi connectivity index (χ1n) is 6.62. The fraction of sp³-hybridized carbons (Fsp3) is 0.571. The van der Waals surface area contributed by atoms with E-state index in [4.69, 9.17) is 0 Å². The van der Waals surface area contributed by atoms with Gasteiger partial charge in [-0.1, -0.05) is 0 Å². The van der Waals surface area contributed by atoms with Crippen LogP contribution in [0.25, 0.3) is 0 Å². The molecule has 1 saturated heterocycles. The van der Waals surface area contributed by atoms with Crippen molar-refractivity contribution >= 4 is 21.8 Å². The molecule has 0 N–H and O–H groups in total. The lowest BCUT2D eigenvalue weighted by Crippen LogP contribution is -2.38. The van der Waals surface area contributed by atoms with Gasteiger partial charge in [0.2, 0.25) is 0 Å². The number of piperidine rings is 1. The maximum Gasteiger partial charge on any atom is 0.273 e. The first-order chi connectivity index (χ1) is 9.08. The van der Waals surface area contributed by atoms with E-state index in [1.54, 1.807) is 11.1 Å². The predicted octanol–water partition coefficient (Wildman–Crippen LogP) is 2.26. The van der Waals surface area contributed by atoms with Gasteiger partial charge in [0.05, 0.1) is 0 Å². The first kappa shape index (κ1) is 14.5. The quantitative estimate of drug-likeness (QED) is 0.855. The van der Waals surface area contributed by atoms with Gasteiger partial charge in [-0.2, -0.15) is 0 Å². The van der Waals surface area contributed by atoms with Crippen LogP contribution < -0.4 is 0 Å². The minimum absolute atomic E-state index is 0.00796. The summed E-state index contributed by atoms with van der Waals surface area (Å²) in [5.74, 6) is 0.596. The van der Waals surface area contributed by atoms with Crippen LogP contribution in [0, 0.1) is 5.92 Å². The number of halogens is 1. The average molecular weight is 326 g/mol. The Morgan fingerprint density at radius 2 is 2.21 bits per heavy atom. The summed E-state index contributed by atoms with van der Waals surface area (Å²) < 4.78 is 0.759. The van der Waals surface area contributed by atoms with Crippen LogP contribution in [0.1, 0.15) is 23.3 Å². The van der Waals surface area contributed by atoms with E-state index < -0.39 is 0 Å². The van der Waals surface area contributed by atoms with Crippen molar-refractivity contribution in [1.82, 2.24) is 14.8 Å². The highest BCUT2D eigenvalue weighted by molar-refractivity contribution is 9.10. The minimum atomic E-state index is -0.00796. The number of hydrogen-bond donors (Lipinski definition) is 0. The summed E-state index contributed by atoms with van der Waals surface area (Å²) in [6, 6.07) is 3.67. The third-order valence-electron chi connectivity index (χ3n) is 3.68. The van der Waals surface area contributed by atoms with Crippen LogP contribution in [0.4, 0.5) is 0 Å². The van der Waals surface area contributed by atoms with Crippen molar-refractivity contribution in [2.75, 3.05) is 33.7 Å². The molecule has 2 heterocycles. The zero-order chi connectivity index (χ0) is 13.8. The van der Waals surface area contributed by atoms with Crippen LogP contribution in [-0.4, -0.2) is 54.4 Å². The molecule has 4 nitrogen and oxygen atoms in total. The molecule has 1 fully saturated rings. The highest BCUT2D eigenvalue weighted by Crippen LogP contribution is 2.19. The van der Waals surface area contributed by atoms with Gasteiger partial charge >= 0.3 is 0 Å². The second-order valence-electron chi connectivity index (χ2n) is 5.27. The van der Waals surface area contributed by atoms with Gasteiger partial charge in [0, 0.05) is 24.3 Å². The topological polar surface area (TPSA) is 36.4 Å². The second-order valence-corrected chi connectivity index (χ2v) is 6.12. The summed E-state index contributed by atoms with van der Waals surface area (Å²) in [5.41, 5.74) is 0.498. The molecule has 5 heteroatoms. The molecule has 2 rings (SSSR count). The maximum absolute atomic E-state index is 12.3. The molecule has 19 heavy (non-hydrogen) atoms. The Hall–Kier alpha value is -0.940. The summed E-state index contributed by atoms with van der Waals surface area (Å²) in [6.45, 7) is 3.07. The Morgan fingerprint density at radius 1 is 1.53 bits per heavy atom. The van der Waals surface area contributed by atoms with E-state index in [2.05, 4.69) is 32.9 Å². The number of likely N-dealkylation sites (tertiary alicyclic amines) is 1. The van der Waals surface area contributed by atoms with Crippen LogP contribution in [0.5, 0.6) is 0 Å². The maximum atomic E-state index is 12.3. The van der Waals surface area contributed by atoms with Crippen LogP contribution in [0.3, 0.4) is 0 Å². The molecule has 0 aliphatic carbocycles. The number of pyridine rings is 1. The zero-order valence-corrected chi connectivity index (χ0v) is 13.1. The minimum Gasteiger partial charge on any atom is -0.340 e. The summed E-state index contributed by atoms with van der Waals surface area (Å²) in [7, 11) is 4.01. The fourth-order valence-corrected chi connectivity index (χ4v) is 2.86. The van der Waals surface area contributed by atoms with Gasteiger partial charge in [-0.25, -0.2) is 4.98 Å². The summed E-state index contributed by atoms with van der Waals surface area (Å²) >= 11 is 3.38. The molecule has 1 aliphatic heterocycles. The Labute approximate surface area is 122 Å². The van der Waals surface area contributed by atoms with E-state index in [-0.39, 0.29) is 5.91 Å². The van der Waals surface area contributed by atoms with E-state index in [1.807, 2.05) is 19.2 Å². The van der Waals surface area contributed by atoms with E-state index in [9.17, 15) is 4.79 Å². The fourth-order valence-electron chi connectivity index (χ4n) is 2.44. The highest BCUT2D eigenvalue weighted by Gasteiger charge is 2.22. The molecule has 0 atom stereocenters. The molecule has 0 bridgehead atoms. The molecular formula is C14H20BrN3O. The molecular weight excluding hydrogens is 306 g/mol. The second kappa shape index (κ2) is 6.48. The monoisotopic (exact) mass is 325 g/mol. The van der Waals surface area contributed by atoms with Gasteiger partial charge in [0.15, 0.2) is 0 Å². The number of hydrogen-bond acceptors (Lipinski definition) is 3. The Bertz CT molecular complexity index is 444.